The van der Waals surface area contributed by atoms with Gasteiger partial charge in [0.05, 0.1) is 11.4 Å². The lowest BCUT2D eigenvalue weighted by Gasteiger charge is -2.09. The molecular weight excluding hydrogens is 246 g/mol. The molecule has 0 spiro atoms. The zero-order valence-electron chi connectivity index (χ0n) is 12.4. The van der Waals surface area contributed by atoms with Gasteiger partial charge in [0.1, 0.15) is 0 Å². The highest BCUT2D eigenvalue weighted by Gasteiger charge is 2.19. The van der Waals surface area contributed by atoms with Crippen LogP contribution in [0, 0.1) is 0 Å². The molecule has 1 fully saturated rings. The van der Waals surface area contributed by atoms with Crippen LogP contribution in [-0.4, -0.2) is 15.8 Å². The molecule has 0 unspecified atom stereocenters. The zero-order valence-corrected chi connectivity index (χ0v) is 12.4. The average molecular weight is 269 g/mol. The Balaban J connectivity index is 1.84. The van der Waals surface area contributed by atoms with Gasteiger partial charge in [0.2, 0.25) is 0 Å². The van der Waals surface area contributed by atoms with Gasteiger partial charge in [0.25, 0.3) is 0 Å². The summed E-state index contributed by atoms with van der Waals surface area (Å²) >= 11 is 0. The van der Waals surface area contributed by atoms with Crippen LogP contribution in [0.5, 0.6) is 0 Å². The number of aryl methyl sites for hydroxylation is 2. The van der Waals surface area contributed by atoms with E-state index in [0.29, 0.717) is 0 Å². The number of hydrogen-bond acceptors (Lipinski definition) is 2. The minimum atomic E-state index is 0.751. The largest absolute Gasteiger partial charge is 0.310 e. The molecule has 3 heteroatoms. The maximum Gasteiger partial charge on any atom is 0.0652 e. The number of aromatic nitrogens is 2. The van der Waals surface area contributed by atoms with Crippen molar-refractivity contribution < 1.29 is 0 Å². The van der Waals surface area contributed by atoms with Crippen LogP contribution < -0.4 is 5.32 Å². The fourth-order valence-electron chi connectivity index (χ4n) is 2.47. The topological polar surface area (TPSA) is 29.9 Å². The van der Waals surface area contributed by atoms with Gasteiger partial charge >= 0.3 is 0 Å². The number of rotatable bonds is 6. The van der Waals surface area contributed by atoms with E-state index in [2.05, 4.69) is 54.2 Å². The molecule has 3 rings (SSSR count). The second-order valence-electron chi connectivity index (χ2n) is 5.57. The van der Waals surface area contributed by atoms with Gasteiger partial charge in [0, 0.05) is 18.3 Å². The van der Waals surface area contributed by atoms with E-state index in [4.69, 9.17) is 5.10 Å². The van der Waals surface area contributed by atoms with Crippen molar-refractivity contribution in [3.8, 4) is 5.69 Å². The Kier molecular flexibility index (Phi) is 3.88. The molecule has 1 aliphatic carbocycles. The Morgan fingerprint density at radius 2 is 2.05 bits per heavy atom. The molecular formula is C17H23N3. The molecule has 0 radical (unpaired) electrons. The molecule has 1 saturated carbocycles. The van der Waals surface area contributed by atoms with E-state index in [0.717, 1.165) is 25.4 Å². The predicted molar refractivity (Wildman–Crippen MR) is 82.2 cm³/mol. The van der Waals surface area contributed by atoms with Crippen molar-refractivity contribution in [1.29, 1.82) is 0 Å². The van der Waals surface area contributed by atoms with Crippen LogP contribution in [0.1, 0.15) is 43.6 Å². The van der Waals surface area contributed by atoms with E-state index in [9.17, 15) is 0 Å². The summed E-state index contributed by atoms with van der Waals surface area (Å²) in [4.78, 5) is 0. The quantitative estimate of drug-likeness (QED) is 0.872. The summed E-state index contributed by atoms with van der Waals surface area (Å²) in [5, 5.41) is 8.28. The number of nitrogens with zero attached hydrogens (tertiary/aromatic N) is 2. The van der Waals surface area contributed by atoms with Crippen LogP contribution >= 0.6 is 0 Å². The maximum absolute atomic E-state index is 4.71. The molecule has 1 aliphatic rings. The van der Waals surface area contributed by atoms with E-state index < -0.39 is 0 Å². The molecule has 1 aromatic carbocycles. The van der Waals surface area contributed by atoms with Gasteiger partial charge in [-0.05, 0) is 49.4 Å². The Morgan fingerprint density at radius 1 is 1.20 bits per heavy atom. The summed E-state index contributed by atoms with van der Waals surface area (Å²) in [6, 6.07) is 11.7. The second kappa shape index (κ2) is 5.80. The molecule has 106 valence electrons. The predicted octanol–water partition coefficient (Wildman–Crippen LogP) is 3.25. The minimum Gasteiger partial charge on any atom is -0.310 e. The van der Waals surface area contributed by atoms with Gasteiger partial charge in [-0.1, -0.05) is 26.0 Å². The molecule has 1 heterocycles. The summed E-state index contributed by atoms with van der Waals surface area (Å²) in [5.41, 5.74) is 4.97. The van der Waals surface area contributed by atoms with Gasteiger partial charge in [-0.2, -0.15) is 5.10 Å². The van der Waals surface area contributed by atoms with Crippen LogP contribution in [0.4, 0.5) is 0 Å². The van der Waals surface area contributed by atoms with Crippen molar-refractivity contribution in [3.63, 3.8) is 0 Å². The fraction of sp³-hybridized carbons (Fsp3) is 0.471. The van der Waals surface area contributed by atoms with Gasteiger partial charge in [-0.25, -0.2) is 4.68 Å². The Labute approximate surface area is 121 Å². The number of nitrogens with one attached hydrogen (secondary N) is 1. The van der Waals surface area contributed by atoms with Gasteiger partial charge < -0.3 is 5.32 Å². The zero-order chi connectivity index (χ0) is 13.9. The highest BCUT2D eigenvalue weighted by molar-refractivity contribution is 5.37. The lowest BCUT2D eigenvalue weighted by atomic mass is 10.2. The molecule has 20 heavy (non-hydrogen) atoms. The van der Waals surface area contributed by atoms with E-state index in [-0.39, 0.29) is 0 Å². The standard InChI is InChI=1S/C17H23N3/c1-3-14-11-16(4-2)20(19-14)17-7-5-6-13(10-17)12-18-15-8-9-15/h5-7,10-11,15,18H,3-4,8-9,12H2,1-2H3. The Hall–Kier alpha value is -1.61. The average Bonchev–Trinajstić information content (AvgIpc) is 3.22. The van der Waals surface area contributed by atoms with Crippen LogP contribution in [0.25, 0.3) is 5.69 Å². The molecule has 1 aromatic heterocycles. The smallest absolute Gasteiger partial charge is 0.0652 e. The number of benzene rings is 1. The summed E-state index contributed by atoms with van der Waals surface area (Å²) in [5.74, 6) is 0. The lowest BCUT2D eigenvalue weighted by molar-refractivity contribution is 0.686. The van der Waals surface area contributed by atoms with E-state index in [1.807, 2.05) is 0 Å². The van der Waals surface area contributed by atoms with E-state index in [1.54, 1.807) is 0 Å². The first-order valence-electron chi connectivity index (χ1n) is 7.70. The first-order valence-corrected chi connectivity index (χ1v) is 7.70. The summed E-state index contributed by atoms with van der Waals surface area (Å²) < 4.78 is 2.10. The highest BCUT2D eigenvalue weighted by atomic mass is 15.3. The van der Waals surface area contributed by atoms with Crippen molar-refractivity contribution in [2.45, 2.75) is 52.1 Å². The van der Waals surface area contributed by atoms with Crippen molar-refractivity contribution in [3.05, 3.63) is 47.3 Å². The normalized spacial score (nSPS) is 14.7. The lowest BCUT2D eigenvalue weighted by Crippen LogP contribution is -2.15. The third-order valence-corrected chi connectivity index (χ3v) is 3.89. The third-order valence-electron chi connectivity index (χ3n) is 3.89. The molecule has 0 bridgehead atoms. The van der Waals surface area contributed by atoms with E-state index >= 15 is 0 Å². The third kappa shape index (κ3) is 2.93. The van der Waals surface area contributed by atoms with Crippen molar-refractivity contribution in [1.82, 2.24) is 15.1 Å². The monoisotopic (exact) mass is 269 g/mol. The van der Waals surface area contributed by atoms with Gasteiger partial charge in [0.15, 0.2) is 0 Å². The molecule has 0 aliphatic heterocycles. The molecule has 0 saturated heterocycles. The first kappa shape index (κ1) is 13.4. The molecule has 0 atom stereocenters. The molecule has 2 aromatic rings. The van der Waals surface area contributed by atoms with Crippen molar-refractivity contribution in [2.75, 3.05) is 0 Å². The fourth-order valence-corrected chi connectivity index (χ4v) is 2.47. The first-order chi connectivity index (χ1) is 9.80. The Bertz CT molecular complexity index is 582. The number of hydrogen-bond donors (Lipinski definition) is 1. The minimum absolute atomic E-state index is 0.751. The Morgan fingerprint density at radius 3 is 2.75 bits per heavy atom. The van der Waals surface area contributed by atoms with Crippen LogP contribution in [0.2, 0.25) is 0 Å². The maximum atomic E-state index is 4.71. The van der Waals surface area contributed by atoms with Crippen LogP contribution in [0.3, 0.4) is 0 Å². The molecule has 1 N–H and O–H groups in total. The van der Waals surface area contributed by atoms with Gasteiger partial charge in [-0.15, -0.1) is 0 Å². The molecule has 0 amide bonds. The van der Waals surface area contributed by atoms with Crippen LogP contribution in [0.15, 0.2) is 30.3 Å². The van der Waals surface area contributed by atoms with Crippen LogP contribution in [-0.2, 0) is 19.4 Å². The highest BCUT2D eigenvalue weighted by Crippen LogP contribution is 2.20. The second-order valence-corrected chi connectivity index (χ2v) is 5.57. The molecule has 3 nitrogen and oxygen atoms in total. The SMILES string of the molecule is CCc1cc(CC)n(-c2cccc(CNC3CC3)c2)n1. The van der Waals surface area contributed by atoms with Crippen molar-refractivity contribution in [2.24, 2.45) is 0 Å². The summed E-state index contributed by atoms with van der Waals surface area (Å²) in [6.07, 6.45) is 4.66. The van der Waals surface area contributed by atoms with E-state index in [1.165, 1.54) is 35.5 Å². The summed E-state index contributed by atoms with van der Waals surface area (Å²) in [7, 11) is 0. The van der Waals surface area contributed by atoms with Crippen molar-refractivity contribution >= 4 is 0 Å². The summed E-state index contributed by atoms with van der Waals surface area (Å²) in [6.45, 7) is 5.30. The van der Waals surface area contributed by atoms with Gasteiger partial charge in [-0.3, -0.25) is 0 Å².